The first-order chi connectivity index (χ1) is 7.56. The van der Waals surface area contributed by atoms with Crippen molar-refractivity contribution in [3.05, 3.63) is 29.3 Å². The second-order valence-corrected chi connectivity index (χ2v) is 5.32. The van der Waals surface area contributed by atoms with E-state index >= 15 is 0 Å². The minimum absolute atomic E-state index is 0.136. The van der Waals surface area contributed by atoms with Crippen LogP contribution in [0.1, 0.15) is 12.8 Å². The van der Waals surface area contributed by atoms with Crippen molar-refractivity contribution in [2.24, 2.45) is 0 Å². The molecule has 0 aliphatic carbocycles. The normalized spacial score (nSPS) is 11.0. The molecule has 0 aliphatic heterocycles. The summed E-state index contributed by atoms with van der Waals surface area (Å²) in [4.78, 5) is 0.136. The van der Waals surface area contributed by atoms with Gasteiger partial charge in [-0.25, -0.2) is 13.1 Å². The molecule has 0 unspecified atom stereocenters. The van der Waals surface area contributed by atoms with Crippen molar-refractivity contribution in [1.82, 2.24) is 4.72 Å². The van der Waals surface area contributed by atoms with Crippen LogP contribution in [0.4, 0.5) is 0 Å². The van der Waals surface area contributed by atoms with Crippen molar-refractivity contribution in [2.45, 2.75) is 17.7 Å². The van der Waals surface area contributed by atoms with E-state index in [9.17, 15) is 8.42 Å². The van der Waals surface area contributed by atoms with Crippen LogP contribution in [0, 0.1) is 11.3 Å². The summed E-state index contributed by atoms with van der Waals surface area (Å²) in [6.07, 6.45) is 0.828. The van der Waals surface area contributed by atoms with Crippen molar-refractivity contribution >= 4 is 21.6 Å². The molecule has 6 heteroatoms. The van der Waals surface area contributed by atoms with Crippen LogP contribution < -0.4 is 4.72 Å². The fraction of sp³-hybridized carbons (Fsp3) is 0.300. The average molecular weight is 259 g/mol. The maximum Gasteiger partial charge on any atom is 0.240 e. The van der Waals surface area contributed by atoms with Gasteiger partial charge < -0.3 is 0 Å². The van der Waals surface area contributed by atoms with E-state index in [0.717, 1.165) is 0 Å². The lowest BCUT2D eigenvalue weighted by molar-refractivity contribution is 0.579. The Morgan fingerprint density at radius 3 is 2.81 bits per heavy atom. The molecule has 0 atom stereocenters. The van der Waals surface area contributed by atoms with E-state index in [1.54, 1.807) is 12.1 Å². The Hall–Kier alpha value is -1.09. The van der Waals surface area contributed by atoms with Gasteiger partial charge in [0.1, 0.15) is 0 Å². The first-order valence-electron chi connectivity index (χ1n) is 4.68. The lowest BCUT2D eigenvalue weighted by Gasteiger charge is -2.05. The number of sulfonamides is 1. The number of benzene rings is 1. The van der Waals surface area contributed by atoms with Crippen LogP contribution in [0.5, 0.6) is 0 Å². The summed E-state index contributed by atoms with van der Waals surface area (Å²) in [6.45, 7) is 0.252. The maximum atomic E-state index is 11.7. The zero-order valence-corrected chi connectivity index (χ0v) is 10.1. The summed E-state index contributed by atoms with van der Waals surface area (Å²) in [6, 6.07) is 7.98. The number of rotatable bonds is 5. The minimum Gasteiger partial charge on any atom is -0.211 e. The Kier molecular flexibility index (Phi) is 4.74. The summed E-state index contributed by atoms with van der Waals surface area (Å²) in [5.41, 5.74) is 0. The van der Waals surface area contributed by atoms with E-state index in [1.165, 1.54) is 12.1 Å². The highest BCUT2D eigenvalue weighted by molar-refractivity contribution is 7.89. The van der Waals surface area contributed by atoms with Gasteiger partial charge in [0, 0.05) is 18.0 Å². The average Bonchev–Trinajstić information content (AvgIpc) is 2.24. The minimum atomic E-state index is -3.51. The van der Waals surface area contributed by atoms with Crippen LogP contribution >= 0.6 is 11.6 Å². The third-order valence-electron chi connectivity index (χ3n) is 1.86. The molecule has 0 saturated heterocycles. The summed E-state index contributed by atoms with van der Waals surface area (Å²) in [5.74, 6) is 0. The molecule has 1 rings (SSSR count). The van der Waals surface area contributed by atoms with Gasteiger partial charge in [0.25, 0.3) is 0 Å². The Labute approximate surface area is 99.9 Å². The Morgan fingerprint density at radius 2 is 2.19 bits per heavy atom. The molecular formula is C10H11ClN2O2S. The summed E-state index contributed by atoms with van der Waals surface area (Å²) < 4.78 is 25.8. The van der Waals surface area contributed by atoms with Crippen molar-refractivity contribution in [1.29, 1.82) is 5.26 Å². The lowest BCUT2D eigenvalue weighted by Crippen LogP contribution is -2.24. The highest BCUT2D eigenvalue weighted by atomic mass is 35.5. The number of nitrogens with zero attached hydrogens (tertiary/aromatic N) is 1. The standard InChI is InChI=1S/C10H11ClN2O2S/c11-9-4-3-5-10(8-9)16(14,15)13-7-2-1-6-12/h3-5,8,13H,1-2,7H2. The van der Waals surface area contributed by atoms with E-state index in [-0.39, 0.29) is 11.4 Å². The fourth-order valence-electron chi connectivity index (χ4n) is 1.09. The quantitative estimate of drug-likeness (QED) is 0.821. The third kappa shape index (κ3) is 3.81. The fourth-order valence-corrected chi connectivity index (χ4v) is 2.47. The number of nitrogens with one attached hydrogen (secondary N) is 1. The number of nitriles is 1. The number of hydrogen-bond acceptors (Lipinski definition) is 3. The molecule has 4 nitrogen and oxygen atoms in total. The first-order valence-corrected chi connectivity index (χ1v) is 6.54. The van der Waals surface area contributed by atoms with Gasteiger partial charge in [-0.15, -0.1) is 0 Å². The highest BCUT2D eigenvalue weighted by Gasteiger charge is 2.12. The van der Waals surface area contributed by atoms with E-state index < -0.39 is 10.0 Å². The molecule has 0 saturated carbocycles. The number of hydrogen-bond donors (Lipinski definition) is 1. The van der Waals surface area contributed by atoms with E-state index in [4.69, 9.17) is 16.9 Å². The zero-order valence-electron chi connectivity index (χ0n) is 8.48. The summed E-state index contributed by atoms with van der Waals surface area (Å²) >= 11 is 5.70. The molecule has 1 aromatic carbocycles. The van der Waals surface area contributed by atoms with Gasteiger partial charge in [-0.3, -0.25) is 0 Å². The Morgan fingerprint density at radius 1 is 1.44 bits per heavy atom. The first kappa shape index (κ1) is 13.0. The van der Waals surface area contributed by atoms with E-state index in [0.29, 0.717) is 17.9 Å². The maximum absolute atomic E-state index is 11.7. The number of halogens is 1. The molecule has 0 heterocycles. The summed E-state index contributed by atoms with van der Waals surface area (Å²) in [7, 11) is -3.51. The van der Waals surface area contributed by atoms with Crippen molar-refractivity contribution < 1.29 is 8.42 Å². The monoisotopic (exact) mass is 258 g/mol. The molecule has 0 fully saturated rings. The molecule has 1 N–H and O–H groups in total. The second-order valence-electron chi connectivity index (χ2n) is 3.12. The molecule has 16 heavy (non-hydrogen) atoms. The Bertz CT molecular complexity index is 494. The van der Waals surface area contributed by atoms with Crippen molar-refractivity contribution in [3.8, 4) is 6.07 Å². The van der Waals surface area contributed by atoms with Crippen molar-refractivity contribution in [2.75, 3.05) is 6.54 Å². The van der Waals surface area contributed by atoms with Crippen LogP contribution in [0.15, 0.2) is 29.2 Å². The van der Waals surface area contributed by atoms with E-state index in [2.05, 4.69) is 4.72 Å². The Balaban J connectivity index is 2.68. The van der Waals surface area contributed by atoms with Gasteiger partial charge in [0.05, 0.1) is 11.0 Å². The van der Waals surface area contributed by atoms with Crippen LogP contribution in [-0.4, -0.2) is 15.0 Å². The lowest BCUT2D eigenvalue weighted by atomic mass is 10.3. The molecule has 0 spiro atoms. The predicted molar refractivity (Wildman–Crippen MR) is 61.5 cm³/mol. The summed E-state index contributed by atoms with van der Waals surface area (Å²) in [5, 5.41) is 8.68. The topological polar surface area (TPSA) is 70.0 Å². The predicted octanol–water partition coefficient (Wildman–Crippen LogP) is 1.92. The van der Waals surface area contributed by atoms with Crippen LogP contribution in [0.2, 0.25) is 5.02 Å². The van der Waals surface area contributed by atoms with Gasteiger partial charge in [-0.2, -0.15) is 5.26 Å². The molecule has 0 amide bonds. The molecule has 0 aromatic heterocycles. The highest BCUT2D eigenvalue weighted by Crippen LogP contribution is 2.14. The number of unbranched alkanes of at least 4 members (excludes halogenated alkanes) is 1. The SMILES string of the molecule is N#CCCCNS(=O)(=O)c1cccc(Cl)c1. The van der Waals surface area contributed by atoms with Gasteiger partial charge >= 0.3 is 0 Å². The van der Waals surface area contributed by atoms with Gasteiger partial charge in [-0.05, 0) is 24.6 Å². The van der Waals surface area contributed by atoms with Gasteiger partial charge in [0.15, 0.2) is 0 Å². The van der Waals surface area contributed by atoms with Crippen LogP contribution in [-0.2, 0) is 10.0 Å². The largest absolute Gasteiger partial charge is 0.240 e. The molecule has 86 valence electrons. The molecule has 0 bridgehead atoms. The molecular weight excluding hydrogens is 248 g/mol. The smallest absolute Gasteiger partial charge is 0.211 e. The van der Waals surface area contributed by atoms with Crippen LogP contribution in [0.3, 0.4) is 0 Å². The molecule has 1 aromatic rings. The molecule has 0 aliphatic rings. The van der Waals surface area contributed by atoms with E-state index in [1.807, 2.05) is 6.07 Å². The third-order valence-corrected chi connectivity index (χ3v) is 3.56. The van der Waals surface area contributed by atoms with Gasteiger partial charge in [0.2, 0.25) is 10.0 Å². The van der Waals surface area contributed by atoms with Gasteiger partial charge in [-0.1, -0.05) is 17.7 Å². The van der Waals surface area contributed by atoms with Crippen LogP contribution in [0.25, 0.3) is 0 Å². The van der Waals surface area contributed by atoms with Crippen molar-refractivity contribution in [3.63, 3.8) is 0 Å². The molecule has 0 radical (unpaired) electrons. The zero-order chi connectivity index (χ0) is 12.0. The second kappa shape index (κ2) is 5.85.